The number of rotatable bonds is 5. The minimum Gasteiger partial charge on any atom is -0.357 e. The van der Waals surface area contributed by atoms with E-state index in [1.165, 1.54) is 32.1 Å². The first kappa shape index (κ1) is 16.9. The number of fused-ring (bicyclic) bond motifs is 2. The molecule has 1 aromatic rings. The molecule has 1 heterocycles. The Morgan fingerprint density at radius 1 is 1.20 bits per heavy atom. The van der Waals surface area contributed by atoms with Crippen LogP contribution in [-0.4, -0.2) is 34.8 Å². The number of anilines is 1. The van der Waals surface area contributed by atoms with Gasteiger partial charge in [0, 0.05) is 26.2 Å². The van der Waals surface area contributed by atoms with E-state index in [0.29, 0.717) is 12.0 Å². The fourth-order valence-electron chi connectivity index (χ4n) is 6.01. The van der Waals surface area contributed by atoms with Gasteiger partial charge in [0.25, 0.3) is 5.91 Å². The topological polar surface area (TPSA) is 50.2 Å². The van der Waals surface area contributed by atoms with Crippen LogP contribution in [0, 0.1) is 23.7 Å². The molecule has 5 atom stereocenters. The second-order valence-electron chi connectivity index (χ2n) is 8.43. The highest BCUT2D eigenvalue weighted by molar-refractivity contribution is 5.99. The third-order valence-electron chi connectivity index (χ3n) is 7.08. The SMILES string of the molecule is CCN(CC)c1c(C(=O)NC2CCC3CC4CC(C3)C2C4)cnn1C. The summed E-state index contributed by atoms with van der Waals surface area (Å²) in [7, 11) is 1.93. The lowest BCUT2D eigenvalue weighted by atomic mass is 9.80. The molecule has 3 saturated carbocycles. The lowest BCUT2D eigenvalue weighted by molar-refractivity contribution is 0.0913. The van der Waals surface area contributed by atoms with Crippen molar-refractivity contribution in [1.29, 1.82) is 0 Å². The van der Waals surface area contributed by atoms with Crippen molar-refractivity contribution in [1.82, 2.24) is 15.1 Å². The number of amides is 1. The van der Waals surface area contributed by atoms with Crippen LogP contribution in [0.4, 0.5) is 5.82 Å². The fourth-order valence-corrected chi connectivity index (χ4v) is 6.01. The molecule has 3 aliphatic rings. The van der Waals surface area contributed by atoms with Gasteiger partial charge in [-0.25, -0.2) is 0 Å². The summed E-state index contributed by atoms with van der Waals surface area (Å²) >= 11 is 0. The van der Waals surface area contributed by atoms with Crippen LogP contribution < -0.4 is 10.2 Å². The molecule has 0 aliphatic heterocycles. The maximum Gasteiger partial charge on any atom is 0.256 e. The summed E-state index contributed by atoms with van der Waals surface area (Å²) in [5.41, 5.74) is 0.732. The molecule has 3 aliphatic carbocycles. The highest BCUT2D eigenvalue weighted by atomic mass is 16.1. The van der Waals surface area contributed by atoms with Gasteiger partial charge in [-0.1, -0.05) is 0 Å². The maximum atomic E-state index is 13.1. The molecule has 0 radical (unpaired) electrons. The van der Waals surface area contributed by atoms with Crippen molar-refractivity contribution in [2.75, 3.05) is 18.0 Å². The quantitative estimate of drug-likeness (QED) is 0.892. The Morgan fingerprint density at radius 2 is 1.96 bits per heavy atom. The van der Waals surface area contributed by atoms with Gasteiger partial charge in [0.05, 0.1) is 6.20 Å². The van der Waals surface area contributed by atoms with E-state index < -0.39 is 0 Å². The van der Waals surface area contributed by atoms with Crippen molar-refractivity contribution < 1.29 is 4.79 Å². The molecule has 3 fully saturated rings. The Labute approximate surface area is 151 Å². The van der Waals surface area contributed by atoms with Crippen molar-refractivity contribution in [3.8, 4) is 0 Å². The van der Waals surface area contributed by atoms with Crippen LogP contribution >= 0.6 is 0 Å². The molecule has 138 valence electrons. The van der Waals surface area contributed by atoms with Crippen molar-refractivity contribution in [3.05, 3.63) is 11.8 Å². The number of carbonyl (C=O) groups is 1. The van der Waals surface area contributed by atoms with Crippen molar-refractivity contribution >= 4 is 11.7 Å². The molecule has 1 aromatic heterocycles. The predicted octanol–water partition coefficient (Wildman–Crippen LogP) is 3.21. The normalized spacial score (nSPS) is 33.3. The third-order valence-corrected chi connectivity index (χ3v) is 7.08. The molecule has 5 unspecified atom stereocenters. The Bertz CT molecular complexity index is 636. The van der Waals surface area contributed by atoms with E-state index in [9.17, 15) is 4.79 Å². The summed E-state index contributed by atoms with van der Waals surface area (Å²) in [5, 5.41) is 7.79. The minimum atomic E-state index is 0.0706. The molecule has 5 heteroatoms. The van der Waals surface area contributed by atoms with Crippen molar-refractivity contribution in [2.24, 2.45) is 30.7 Å². The zero-order valence-corrected chi connectivity index (χ0v) is 15.9. The van der Waals surface area contributed by atoms with Crippen LogP contribution in [0.3, 0.4) is 0 Å². The zero-order valence-electron chi connectivity index (χ0n) is 15.9. The van der Waals surface area contributed by atoms with Crippen LogP contribution in [0.5, 0.6) is 0 Å². The average Bonchev–Trinajstić information content (AvgIpc) is 3.09. The van der Waals surface area contributed by atoms with E-state index in [0.717, 1.165) is 48.6 Å². The minimum absolute atomic E-state index is 0.0706. The molecule has 3 bridgehead atoms. The Balaban J connectivity index is 1.53. The summed E-state index contributed by atoms with van der Waals surface area (Å²) in [4.78, 5) is 15.3. The molecule has 25 heavy (non-hydrogen) atoms. The van der Waals surface area contributed by atoms with E-state index in [4.69, 9.17) is 0 Å². The Hall–Kier alpha value is -1.52. The molecule has 4 rings (SSSR count). The van der Waals surface area contributed by atoms with E-state index in [-0.39, 0.29) is 5.91 Å². The first-order valence-electron chi connectivity index (χ1n) is 10.2. The Morgan fingerprint density at radius 3 is 2.72 bits per heavy atom. The van der Waals surface area contributed by atoms with Gasteiger partial charge in [-0.15, -0.1) is 0 Å². The van der Waals surface area contributed by atoms with Gasteiger partial charge in [-0.3, -0.25) is 9.48 Å². The highest BCUT2D eigenvalue weighted by Crippen LogP contribution is 2.53. The van der Waals surface area contributed by atoms with Crippen LogP contribution in [0.2, 0.25) is 0 Å². The van der Waals surface area contributed by atoms with Gasteiger partial charge < -0.3 is 10.2 Å². The summed E-state index contributed by atoms with van der Waals surface area (Å²) in [5.74, 6) is 4.42. The molecular formula is C20H32N4O. The van der Waals surface area contributed by atoms with Crippen LogP contribution in [0.1, 0.15) is 62.7 Å². The summed E-state index contributed by atoms with van der Waals surface area (Å²) in [6, 6.07) is 0.359. The number of aromatic nitrogens is 2. The monoisotopic (exact) mass is 344 g/mol. The predicted molar refractivity (Wildman–Crippen MR) is 99.7 cm³/mol. The van der Waals surface area contributed by atoms with Crippen LogP contribution in [-0.2, 0) is 7.05 Å². The van der Waals surface area contributed by atoms with E-state index in [2.05, 4.69) is 29.2 Å². The van der Waals surface area contributed by atoms with Gasteiger partial charge in [0.1, 0.15) is 11.4 Å². The second kappa shape index (κ2) is 6.65. The number of aryl methyl sites for hydroxylation is 1. The van der Waals surface area contributed by atoms with E-state index >= 15 is 0 Å². The average molecular weight is 345 g/mol. The molecule has 1 N–H and O–H groups in total. The number of hydrogen-bond donors (Lipinski definition) is 1. The van der Waals surface area contributed by atoms with Crippen LogP contribution in [0.25, 0.3) is 0 Å². The third kappa shape index (κ3) is 2.96. The van der Waals surface area contributed by atoms with Crippen LogP contribution in [0.15, 0.2) is 6.20 Å². The smallest absolute Gasteiger partial charge is 0.256 e. The maximum absolute atomic E-state index is 13.1. The lowest BCUT2D eigenvalue weighted by Crippen LogP contribution is -2.41. The van der Waals surface area contributed by atoms with Gasteiger partial charge in [0.2, 0.25) is 0 Å². The Kier molecular flexibility index (Phi) is 4.50. The summed E-state index contributed by atoms with van der Waals surface area (Å²) in [6.45, 7) is 6.01. The molecule has 5 nitrogen and oxygen atoms in total. The molecular weight excluding hydrogens is 312 g/mol. The van der Waals surface area contributed by atoms with E-state index in [1.54, 1.807) is 6.20 Å². The number of nitrogens with one attached hydrogen (secondary N) is 1. The second-order valence-corrected chi connectivity index (χ2v) is 8.43. The molecule has 0 saturated heterocycles. The first-order valence-corrected chi connectivity index (χ1v) is 10.2. The molecule has 0 aromatic carbocycles. The highest BCUT2D eigenvalue weighted by Gasteiger charge is 2.46. The van der Waals surface area contributed by atoms with Crippen molar-refractivity contribution in [3.63, 3.8) is 0 Å². The summed E-state index contributed by atoms with van der Waals surface area (Å²) < 4.78 is 1.84. The van der Waals surface area contributed by atoms with E-state index in [1.807, 2.05) is 11.7 Å². The zero-order chi connectivity index (χ0) is 17.6. The summed E-state index contributed by atoms with van der Waals surface area (Å²) in [6.07, 6.45) is 9.79. The largest absolute Gasteiger partial charge is 0.357 e. The fraction of sp³-hybridized carbons (Fsp3) is 0.800. The van der Waals surface area contributed by atoms with Gasteiger partial charge in [0.15, 0.2) is 0 Å². The van der Waals surface area contributed by atoms with Gasteiger partial charge in [-0.2, -0.15) is 5.10 Å². The van der Waals surface area contributed by atoms with Gasteiger partial charge in [-0.05, 0) is 76.0 Å². The number of hydrogen-bond acceptors (Lipinski definition) is 3. The van der Waals surface area contributed by atoms with Gasteiger partial charge >= 0.3 is 0 Å². The lowest BCUT2D eigenvalue weighted by Gasteiger charge is -2.28. The molecule has 1 amide bonds. The van der Waals surface area contributed by atoms with Crippen molar-refractivity contribution in [2.45, 2.75) is 58.4 Å². The first-order chi connectivity index (χ1) is 12.1. The molecule has 0 spiro atoms. The standard InChI is InChI=1S/C20H32N4O/c1-4-24(5-2)20-17(12-21-23(20)3)19(25)22-18-7-6-13-8-14-10-15(9-13)16(18)11-14/h12-16,18H,4-11H2,1-3H3,(H,22,25). The number of carbonyl (C=O) groups excluding carboxylic acids is 1. The number of nitrogens with zero attached hydrogens (tertiary/aromatic N) is 3.